The second-order valence-corrected chi connectivity index (χ2v) is 15.2. The van der Waals surface area contributed by atoms with Crippen LogP contribution in [0.3, 0.4) is 0 Å². The molecule has 2 N–H and O–H groups in total. The normalized spacial score (nSPS) is 11.5. The third-order valence-corrected chi connectivity index (χ3v) is 10.7. The average Bonchev–Trinajstić information content (AvgIpc) is 3.13. The molecule has 0 spiro atoms. The van der Waals surface area contributed by atoms with Gasteiger partial charge in [0.2, 0.25) is 0 Å². The van der Waals surface area contributed by atoms with Crippen molar-refractivity contribution in [3.63, 3.8) is 0 Å². The van der Waals surface area contributed by atoms with Crippen LogP contribution in [0.25, 0.3) is 0 Å². The molecule has 0 aliphatic rings. The first-order valence-electron chi connectivity index (χ1n) is 21.4. The Morgan fingerprint density at radius 3 is 0.922 bits per heavy atom. The van der Waals surface area contributed by atoms with Crippen LogP contribution < -0.4 is 15.6 Å². The van der Waals surface area contributed by atoms with Gasteiger partial charge in [-0.05, 0) is 26.7 Å². The zero-order chi connectivity index (χ0) is 37.1. The number of hydrogen-bond donors (Lipinski definition) is 2. The molecule has 292 valence electrons. The summed E-state index contributed by atoms with van der Waals surface area (Å²) in [5.74, 6) is -0.937. The van der Waals surface area contributed by atoms with Gasteiger partial charge in [-0.25, -0.2) is 0 Å². The third-order valence-electron chi connectivity index (χ3n) is 10.7. The first-order chi connectivity index (χ1) is 24.8. The van der Waals surface area contributed by atoms with Crippen molar-refractivity contribution in [1.29, 1.82) is 0 Å². The first-order valence-corrected chi connectivity index (χ1v) is 21.4. The van der Waals surface area contributed by atoms with E-state index in [0.717, 1.165) is 25.7 Å². The molecule has 2 aromatic heterocycles. The molecule has 0 unspecified atom stereocenters. The summed E-state index contributed by atoms with van der Waals surface area (Å²) in [4.78, 5) is 25.9. The standard InChI is InChI=1S/C44H76N2O5/c1-5-7-9-11-13-15-17-19-21-23-25-27-29-31-33-45-35-39(43(49)41(47)37(45)3)51-40-36-46(38(4)42(48)44(40)50)34-32-30-28-26-24-22-20-18-16-14-12-10-8-6-2/h35-36,47-48H,5-34H2,1-4H3. The van der Waals surface area contributed by atoms with Gasteiger partial charge in [-0.2, -0.15) is 0 Å². The van der Waals surface area contributed by atoms with Crippen LogP contribution in [-0.2, 0) is 13.1 Å². The number of hydrogen-bond acceptors (Lipinski definition) is 5. The van der Waals surface area contributed by atoms with Crippen LogP contribution in [0.15, 0.2) is 22.0 Å². The molecule has 0 amide bonds. The van der Waals surface area contributed by atoms with E-state index >= 15 is 0 Å². The maximum absolute atomic E-state index is 13.0. The number of aryl methyl sites for hydroxylation is 2. The van der Waals surface area contributed by atoms with Gasteiger partial charge in [0.15, 0.2) is 23.0 Å². The molecule has 0 fully saturated rings. The van der Waals surface area contributed by atoms with Crippen molar-refractivity contribution in [2.45, 2.75) is 221 Å². The summed E-state index contributed by atoms with van der Waals surface area (Å²) in [5.41, 5.74) is -0.321. The van der Waals surface area contributed by atoms with Gasteiger partial charge >= 0.3 is 0 Å². The quantitative estimate of drug-likeness (QED) is 0.0737. The largest absolute Gasteiger partial charge is 0.503 e. The number of nitrogens with zero attached hydrogens (tertiary/aromatic N) is 2. The molecular formula is C44H76N2O5. The molecule has 0 aromatic carbocycles. The Kier molecular flexibility index (Phi) is 24.3. The van der Waals surface area contributed by atoms with Gasteiger partial charge in [-0.15, -0.1) is 0 Å². The third kappa shape index (κ3) is 18.1. The van der Waals surface area contributed by atoms with Crippen LogP contribution in [0, 0.1) is 13.8 Å². The summed E-state index contributed by atoms with van der Waals surface area (Å²) in [7, 11) is 0. The smallest absolute Gasteiger partial charge is 0.265 e. The molecule has 0 saturated heterocycles. The lowest BCUT2D eigenvalue weighted by atomic mass is 10.0. The lowest BCUT2D eigenvalue weighted by Gasteiger charge is -2.17. The van der Waals surface area contributed by atoms with E-state index in [4.69, 9.17) is 4.74 Å². The van der Waals surface area contributed by atoms with Gasteiger partial charge in [-0.1, -0.05) is 181 Å². The van der Waals surface area contributed by atoms with Crippen molar-refractivity contribution in [2.75, 3.05) is 0 Å². The highest BCUT2D eigenvalue weighted by Crippen LogP contribution is 2.24. The fourth-order valence-corrected chi connectivity index (χ4v) is 7.11. The molecule has 0 radical (unpaired) electrons. The van der Waals surface area contributed by atoms with Gasteiger partial charge in [0.05, 0.1) is 23.8 Å². The van der Waals surface area contributed by atoms with Gasteiger partial charge < -0.3 is 24.1 Å². The van der Waals surface area contributed by atoms with Crippen molar-refractivity contribution in [3.05, 3.63) is 44.2 Å². The number of pyridine rings is 2. The fourth-order valence-electron chi connectivity index (χ4n) is 7.11. The average molecular weight is 713 g/mol. The summed E-state index contributed by atoms with van der Waals surface area (Å²) < 4.78 is 9.54. The molecule has 0 bridgehead atoms. The summed E-state index contributed by atoms with van der Waals surface area (Å²) in [6, 6.07) is 0. The summed E-state index contributed by atoms with van der Waals surface area (Å²) in [6.07, 6.45) is 39.1. The van der Waals surface area contributed by atoms with E-state index in [1.807, 2.05) is 9.13 Å². The van der Waals surface area contributed by atoms with Crippen LogP contribution in [0.5, 0.6) is 23.0 Å². The monoisotopic (exact) mass is 713 g/mol. The summed E-state index contributed by atoms with van der Waals surface area (Å²) in [5, 5.41) is 21.3. The van der Waals surface area contributed by atoms with Gasteiger partial charge in [-0.3, -0.25) is 9.59 Å². The minimum atomic E-state index is -0.650. The molecule has 51 heavy (non-hydrogen) atoms. The van der Waals surface area contributed by atoms with Crippen molar-refractivity contribution >= 4 is 0 Å². The number of aromatic nitrogens is 2. The van der Waals surface area contributed by atoms with Crippen molar-refractivity contribution in [2.24, 2.45) is 0 Å². The van der Waals surface area contributed by atoms with Crippen LogP contribution in [0.4, 0.5) is 0 Å². The molecule has 2 aromatic rings. The highest BCUT2D eigenvalue weighted by Gasteiger charge is 2.18. The van der Waals surface area contributed by atoms with E-state index in [0.29, 0.717) is 24.5 Å². The molecule has 0 saturated carbocycles. The van der Waals surface area contributed by atoms with Crippen LogP contribution in [0.2, 0.25) is 0 Å². The van der Waals surface area contributed by atoms with Crippen molar-refractivity contribution in [1.82, 2.24) is 9.13 Å². The predicted molar refractivity (Wildman–Crippen MR) is 215 cm³/mol. The van der Waals surface area contributed by atoms with E-state index in [1.165, 1.54) is 154 Å². The topological polar surface area (TPSA) is 93.7 Å². The van der Waals surface area contributed by atoms with Crippen molar-refractivity contribution in [3.8, 4) is 23.0 Å². The minimum Gasteiger partial charge on any atom is -0.503 e. The highest BCUT2D eigenvalue weighted by molar-refractivity contribution is 5.40. The van der Waals surface area contributed by atoms with E-state index in [2.05, 4.69) is 13.8 Å². The van der Waals surface area contributed by atoms with E-state index in [-0.39, 0.29) is 23.0 Å². The molecular weight excluding hydrogens is 636 g/mol. The number of unbranched alkanes of at least 4 members (excludes halogenated alkanes) is 26. The predicted octanol–water partition coefficient (Wildman–Crippen LogP) is 12.8. The van der Waals surface area contributed by atoms with Crippen LogP contribution >= 0.6 is 0 Å². The second-order valence-electron chi connectivity index (χ2n) is 15.2. The number of rotatable bonds is 32. The summed E-state index contributed by atoms with van der Waals surface area (Å²) in [6.45, 7) is 9.28. The zero-order valence-corrected chi connectivity index (χ0v) is 33.4. The molecule has 0 atom stereocenters. The Morgan fingerprint density at radius 1 is 0.431 bits per heavy atom. The molecule has 2 heterocycles. The minimum absolute atomic E-state index is 0.105. The maximum atomic E-state index is 13.0. The number of ether oxygens (including phenoxy) is 1. The molecule has 7 heteroatoms. The number of aromatic hydroxyl groups is 2. The van der Waals surface area contributed by atoms with Crippen molar-refractivity contribution < 1.29 is 14.9 Å². The van der Waals surface area contributed by atoms with Crippen LogP contribution in [-0.4, -0.2) is 19.3 Å². The van der Waals surface area contributed by atoms with Gasteiger partial charge in [0, 0.05) is 13.1 Å². The van der Waals surface area contributed by atoms with E-state index in [1.54, 1.807) is 26.2 Å². The zero-order valence-electron chi connectivity index (χ0n) is 33.4. The Bertz CT molecular complexity index is 1210. The summed E-state index contributed by atoms with van der Waals surface area (Å²) >= 11 is 0. The Hall–Kier alpha value is -2.70. The Balaban J connectivity index is 1.76. The highest BCUT2D eigenvalue weighted by atomic mass is 16.5. The van der Waals surface area contributed by atoms with E-state index < -0.39 is 10.9 Å². The Morgan fingerprint density at radius 2 is 0.667 bits per heavy atom. The molecule has 0 aliphatic carbocycles. The second kappa shape index (κ2) is 27.9. The fraction of sp³-hybridized carbons (Fsp3) is 0.773. The van der Waals surface area contributed by atoms with Gasteiger partial charge in [0.1, 0.15) is 0 Å². The van der Waals surface area contributed by atoms with E-state index in [9.17, 15) is 19.8 Å². The molecule has 2 rings (SSSR count). The maximum Gasteiger partial charge on any atom is 0.265 e. The SMILES string of the molecule is CCCCCCCCCCCCCCCCn1cc(Oc2cn(CCCCCCCCCCCCCCCC)c(C)c(O)c2=O)c(=O)c(O)c1C. The first kappa shape index (κ1) is 44.5. The van der Waals surface area contributed by atoms with Gasteiger partial charge in [0.25, 0.3) is 10.9 Å². The Labute approximate surface area is 311 Å². The lowest BCUT2D eigenvalue weighted by molar-refractivity contribution is 0.406. The lowest BCUT2D eigenvalue weighted by Crippen LogP contribution is -2.17. The molecule has 7 nitrogen and oxygen atoms in total. The van der Waals surface area contributed by atoms with Crippen LogP contribution in [0.1, 0.15) is 205 Å². The molecule has 0 aliphatic heterocycles.